The second kappa shape index (κ2) is 3.59. The fourth-order valence-corrected chi connectivity index (χ4v) is 1.29. The monoisotopic (exact) mass is 188 g/mol. The zero-order chi connectivity index (χ0) is 9.14. The summed E-state index contributed by atoms with van der Waals surface area (Å²) in [6.07, 6.45) is 1.19. The van der Waals surface area contributed by atoms with Crippen LogP contribution in [0.4, 0.5) is 0 Å². The van der Waals surface area contributed by atoms with Crippen LogP contribution in [0.3, 0.4) is 0 Å². The van der Waals surface area contributed by atoms with Crippen molar-refractivity contribution in [3.8, 4) is 5.88 Å². The van der Waals surface area contributed by atoms with Gasteiger partial charge in [0.05, 0.1) is 7.11 Å². The molecule has 66 valence electrons. The first-order valence-corrected chi connectivity index (χ1v) is 4.24. The summed E-state index contributed by atoms with van der Waals surface area (Å²) in [6, 6.07) is 0. The van der Waals surface area contributed by atoms with Gasteiger partial charge in [0.2, 0.25) is 17.0 Å². The van der Waals surface area contributed by atoms with Crippen LogP contribution in [0, 0.1) is 6.92 Å². The lowest BCUT2D eigenvalue weighted by Gasteiger charge is -2.03. The van der Waals surface area contributed by atoms with E-state index in [4.69, 9.17) is 9.29 Å². The van der Waals surface area contributed by atoms with Crippen molar-refractivity contribution in [3.63, 3.8) is 0 Å². The van der Waals surface area contributed by atoms with Crippen molar-refractivity contribution < 1.29 is 13.5 Å². The molecule has 1 unspecified atom stereocenters. The van der Waals surface area contributed by atoms with E-state index in [2.05, 4.69) is 9.97 Å². The predicted molar refractivity (Wildman–Crippen MR) is 42.4 cm³/mol. The summed E-state index contributed by atoms with van der Waals surface area (Å²) >= 11 is -2.08. The molecule has 1 heterocycles. The summed E-state index contributed by atoms with van der Waals surface area (Å²) in [5.74, 6) is 0.322. The Morgan fingerprint density at radius 3 is 2.75 bits per heavy atom. The van der Waals surface area contributed by atoms with E-state index < -0.39 is 11.1 Å². The molecule has 12 heavy (non-hydrogen) atoms. The fourth-order valence-electron chi connectivity index (χ4n) is 0.801. The lowest BCUT2D eigenvalue weighted by Crippen LogP contribution is -2.01. The normalized spacial score (nSPS) is 12.6. The molecule has 0 radical (unpaired) electrons. The Hall–Kier alpha value is -1.01. The van der Waals surface area contributed by atoms with E-state index in [0.717, 1.165) is 0 Å². The smallest absolute Gasteiger partial charge is 0.220 e. The number of aromatic nitrogens is 2. The molecule has 0 aliphatic heterocycles. The van der Waals surface area contributed by atoms with Gasteiger partial charge in [0, 0.05) is 5.56 Å². The average molecular weight is 188 g/mol. The molecule has 0 amide bonds. The highest BCUT2D eigenvalue weighted by molar-refractivity contribution is 7.79. The molecular weight excluding hydrogens is 180 g/mol. The number of nitrogens with zero attached hydrogens (tertiary/aromatic N) is 2. The molecule has 6 heteroatoms. The first kappa shape index (κ1) is 9.08. The molecule has 1 N–H and O–H groups in total. The Morgan fingerprint density at radius 1 is 1.58 bits per heavy atom. The minimum absolute atomic E-state index is 0.0850. The van der Waals surface area contributed by atoms with Crippen molar-refractivity contribution in [2.45, 2.75) is 11.9 Å². The van der Waals surface area contributed by atoms with Crippen LogP contribution in [0.5, 0.6) is 5.88 Å². The molecule has 0 bridgehead atoms. The van der Waals surface area contributed by atoms with Gasteiger partial charge in [-0.05, 0) is 6.92 Å². The largest absolute Gasteiger partial charge is 0.481 e. The van der Waals surface area contributed by atoms with Crippen LogP contribution in [-0.2, 0) is 11.1 Å². The van der Waals surface area contributed by atoms with Gasteiger partial charge in [-0.25, -0.2) is 14.2 Å². The third kappa shape index (κ3) is 1.59. The van der Waals surface area contributed by atoms with Crippen molar-refractivity contribution in [3.05, 3.63) is 11.9 Å². The summed E-state index contributed by atoms with van der Waals surface area (Å²) < 4.78 is 24.2. The summed E-state index contributed by atoms with van der Waals surface area (Å²) in [5, 5.41) is 0.0850. The number of methoxy groups -OCH3 is 1. The second-order valence-corrected chi connectivity index (χ2v) is 2.95. The maximum atomic E-state index is 10.7. The van der Waals surface area contributed by atoms with Crippen LogP contribution in [0.2, 0.25) is 0 Å². The third-order valence-electron chi connectivity index (χ3n) is 1.35. The van der Waals surface area contributed by atoms with E-state index in [1.54, 1.807) is 6.92 Å². The maximum absolute atomic E-state index is 10.7. The van der Waals surface area contributed by atoms with Crippen LogP contribution >= 0.6 is 0 Å². The quantitative estimate of drug-likeness (QED) is 0.536. The minimum atomic E-state index is -2.08. The molecular formula is C6H8N2O3S. The highest BCUT2D eigenvalue weighted by Gasteiger charge is 2.10. The fraction of sp³-hybridized carbons (Fsp3) is 0.333. The van der Waals surface area contributed by atoms with E-state index >= 15 is 0 Å². The van der Waals surface area contributed by atoms with E-state index in [9.17, 15) is 4.21 Å². The summed E-state index contributed by atoms with van der Waals surface area (Å²) in [5.41, 5.74) is 0.487. The molecule has 0 spiro atoms. The molecule has 1 aromatic heterocycles. The standard InChI is InChI=1S/C6H8N2O3S/c1-4-5(11-2)7-3-8-6(4)12(9)10/h3H,1-2H3,(H,9,10). The van der Waals surface area contributed by atoms with Crippen molar-refractivity contribution in [2.24, 2.45) is 0 Å². The number of hydrogen-bond donors (Lipinski definition) is 1. The van der Waals surface area contributed by atoms with Crippen molar-refractivity contribution >= 4 is 11.1 Å². The Bertz CT molecular complexity index is 316. The van der Waals surface area contributed by atoms with E-state index in [0.29, 0.717) is 11.4 Å². The van der Waals surface area contributed by atoms with Crippen LogP contribution in [0.1, 0.15) is 5.56 Å². The van der Waals surface area contributed by atoms with Gasteiger partial charge < -0.3 is 9.29 Å². The van der Waals surface area contributed by atoms with Crippen molar-refractivity contribution in [1.82, 2.24) is 9.97 Å². The second-order valence-electron chi connectivity index (χ2n) is 2.06. The molecule has 1 atom stereocenters. The Morgan fingerprint density at radius 2 is 2.25 bits per heavy atom. The van der Waals surface area contributed by atoms with Crippen molar-refractivity contribution in [1.29, 1.82) is 0 Å². The van der Waals surface area contributed by atoms with Gasteiger partial charge in [-0.3, -0.25) is 0 Å². The van der Waals surface area contributed by atoms with Crippen LogP contribution in [-0.4, -0.2) is 25.8 Å². The Labute approximate surface area is 72.1 Å². The van der Waals surface area contributed by atoms with Gasteiger partial charge in [0.15, 0.2) is 5.03 Å². The zero-order valence-electron chi connectivity index (χ0n) is 6.64. The molecule has 1 rings (SSSR count). The summed E-state index contributed by atoms with van der Waals surface area (Å²) in [6.45, 7) is 1.63. The molecule has 1 aromatic rings. The molecule has 0 aliphatic rings. The molecule has 0 fully saturated rings. The minimum Gasteiger partial charge on any atom is -0.481 e. The maximum Gasteiger partial charge on any atom is 0.220 e. The zero-order valence-corrected chi connectivity index (χ0v) is 7.46. The van der Waals surface area contributed by atoms with Gasteiger partial charge in [0.25, 0.3) is 0 Å². The molecule has 0 saturated carbocycles. The first-order chi connectivity index (χ1) is 5.66. The van der Waals surface area contributed by atoms with Crippen molar-refractivity contribution in [2.75, 3.05) is 7.11 Å². The highest BCUT2D eigenvalue weighted by Crippen LogP contribution is 2.17. The lowest BCUT2D eigenvalue weighted by molar-refractivity contribution is 0.390. The van der Waals surface area contributed by atoms with Gasteiger partial charge in [-0.2, -0.15) is 0 Å². The summed E-state index contributed by atoms with van der Waals surface area (Å²) in [7, 11) is 1.44. The van der Waals surface area contributed by atoms with Crippen LogP contribution in [0.15, 0.2) is 11.4 Å². The number of rotatable bonds is 2. The van der Waals surface area contributed by atoms with Crippen LogP contribution < -0.4 is 4.74 Å². The van der Waals surface area contributed by atoms with E-state index in [1.165, 1.54) is 13.4 Å². The van der Waals surface area contributed by atoms with Gasteiger partial charge in [-0.15, -0.1) is 0 Å². The topological polar surface area (TPSA) is 72.3 Å². The van der Waals surface area contributed by atoms with Crippen LogP contribution in [0.25, 0.3) is 0 Å². The Balaban J connectivity index is 3.23. The Kier molecular flexibility index (Phi) is 2.72. The lowest BCUT2D eigenvalue weighted by atomic mass is 10.4. The van der Waals surface area contributed by atoms with E-state index in [1.807, 2.05) is 0 Å². The molecule has 0 aliphatic carbocycles. The molecule has 5 nitrogen and oxygen atoms in total. The summed E-state index contributed by atoms with van der Waals surface area (Å²) in [4.78, 5) is 7.41. The van der Waals surface area contributed by atoms with Gasteiger partial charge in [0.1, 0.15) is 6.33 Å². The predicted octanol–water partition coefficient (Wildman–Crippen LogP) is 0.374. The highest BCUT2D eigenvalue weighted by atomic mass is 32.2. The third-order valence-corrected chi connectivity index (χ3v) is 2.09. The van der Waals surface area contributed by atoms with E-state index in [-0.39, 0.29) is 5.03 Å². The van der Waals surface area contributed by atoms with Gasteiger partial charge in [-0.1, -0.05) is 0 Å². The average Bonchev–Trinajstić information content (AvgIpc) is 2.04. The first-order valence-electron chi connectivity index (χ1n) is 3.13. The molecule has 0 aromatic carbocycles. The SMILES string of the molecule is COc1ncnc(S(=O)O)c1C. The molecule has 0 saturated heterocycles. The number of hydrogen-bond acceptors (Lipinski definition) is 4. The number of ether oxygens (including phenoxy) is 1. The van der Waals surface area contributed by atoms with Gasteiger partial charge >= 0.3 is 0 Å².